The van der Waals surface area contributed by atoms with Gasteiger partial charge in [-0.15, -0.1) is 0 Å². The number of likely N-dealkylation sites (N-methyl/N-ethyl adjacent to an activating group) is 1. The molecule has 0 bridgehead atoms. The standard InChI is InChI=1S/C29H32F7N5O4/c1-27(8-10-40(11-9-27)26(44)45)37-24(42)41-15-22(17-4-6-20(30)7-5-17)23(16-41)39(3)25(43)38(2)21-13-18(28(31,32)33)12-19(14-21)29(34,35)36/h4-7,12-14,22-23H,8-11,15-16H2,1-3H3,(H,37,42)(H,44,45)/t22-,23+/m0/s1. The Morgan fingerprint density at radius 2 is 1.42 bits per heavy atom. The molecule has 2 aromatic rings. The predicted octanol–water partition coefficient (Wildman–Crippen LogP) is 6.06. The fourth-order valence-corrected chi connectivity index (χ4v) is 5.66. The highest BCUT2D eigenvalue weighted by Crippen LogP contribution is 2.39. The van der Waals surface area contributed by atoms with E-state index < -0.39 is 70.6 Å². The van der Waals surface area contributed by atoms with Crippen molar-refractivity contribution in [2.24, 2.45) is 0 Å². The van der Waals surface area contributed by atoms with Crippen molar-refractivity contribution in [3.8, 4) is 0 Å². The molecule has 2 fully saturated rings. The average molecular weight is 648 g/mol. The van der Waals surface area contributed by atoms with Gasteiger partial charge in [-0.2, -0.15) is 26.3 Å². The van der Waals surface area contributed by atoms with E-state index >= 15 is 0 Å². The van der Waals surface area contributed by atoms with E-state index in [0.29, 0.717) is 35.4 Å². The lowest BCUT2D eigenvalue weighted by Crippen LogP contribution is -2.57. The number of alkyl halides is 6. The number of nitrogens with one attached hydrogen (secondary N) is 1. The number of benzene rings is 2. The fourth-order valence-electron chi connectivity index (χ4n) is 5.66. The first kappa shape index (κ1) is 33.6. The van der Waals surface area contributed by atoms with Crippen LogP contribution in [0.4, 0.5) is 50.8 Å². The Balaban J connectivity index is 1.59. The van der Waals surface area contributed by atoms with Crippen LogP contribution in [-0.4, -0.2) is 89.8 Å². The maximum absolute atomic E-state index is 13.7. The molecule has 0 aromatic heterocycles. The van der Waals surface area contributed by atoms with Crippen molar-refractivity contribution in [1.29, 1.82) is 0 Å². The van der Waals surface area contributed by atoms with Gasteiger partial charge in [0.25, 0.3) is 0 Å². The third-order valence-electron chi connectivity index (χ3n) is 8.47. The van der Waals surface area contributed by atoms with Crippen LogP contribution in [0.1, 0.15) is 42.4 Å². The van der Waals surface area contributed by atoms with Gasteiger partial charge in [-0.3, -0.25) is 4.90 Å². The summed E-state index contributed by atoms with van der Waals surface area (Å²) >= 11 is 0. The van der Waals surface area contributed by atoms with Gasteiger partial charge in [0, 0.05) is 57.4 Å². The van der Waals surface area contributed by atoms with E-state index in [-0.39, 0.29) is 32.2 Å². The topological polar surface area (TPSA) is 96.4 Å². The number of rotatable bonds is 4. The van der Waals surface area contributed by atoms with Gasteiger partial charge >= 0.3 is 30.5 Å². The number of hydrogen-bond acceptors (Lipinski definition) is 3. The number of nitrogens with zero attached hydrogens (tertiary/aromatic N) is 4. The first-order valence-electron chi connectivity index (χ1n) is 13.9. The zero-order valence-electron chi connectivity index (χ0n) is 24.5. The van der Waals surface area contributed by atoms with Crippen LogP contribution in [-0.2, 0) is 12.4 Å². The summed E-state index contributed by atoms with van der Waals surface area (Å²) in [6, 6.07) is 3.97. The summed E-state index contributed by atoms with van der Waals surface area (Å²) in [5.41, 5.74) is -3.97. The Labute approximate surface area is 254 Å². The summed E-state index contributed by atoms with van der Waals surface area (Å²) in [5.74, 6) is -1.12. The zero-order valence-corrected chi connectivity index (χ0v) is 24.5. The summed E-state index contributed by atoms with van der Waals surface area (Å²) in [4.78, 5) is 42.7. The monoisotopic (exact) mass is 647 g/mol. The lowest BCUT2D eigenvalue weighted by Gasteiger charge is -2.39. The molecule has 0 saturated carbocycles. The van der Waals surface area contributed by atoms with E-state index in [1.165, 1.54) is 41.1 Å². The molecule has 0 unspecified atom stereocenters. The third-order valence-corrected chi connectivity index (χ3v) is 8.47. The Hall–Kier alpha value is -4.24. The van der Waals surface area contributed by atoms with Gasteiger partial charge in [0.15, 0.2) is 0 Å². The molecule has 0 radical (unpaired) electrons. The second-order valence-electron chi connectivity index (χ2n) is 11.6. The molecule has 2 N–H and O–H groups in total. The molecule has 2 aliphatic heterocycles. The number of urea groups is 2. The van der Waals surface area contributed by atoms with Crippen LogP contribution in [0.2, 0.25) is 0 Å². The number of halogens is 7. The summed E-state index contributed by atoms with van der Waals surface area (Å²) < 4.78 is 94.5. The van der Waals surface area contributed by atoms with Crippen molar-refractivity contribution in [2.45, 2.75) is 49.6 Å². The Bertz CT molecular complexity index is 1390. The maximum atomic E-state index is 13.7. The third kappa shape index (κ3) is 7.53. The summed E-state index contributed by atoms with van der Waals surface area (Å²) in [7, 11) is 2.37. The van der Waals surface area contributed by atoms with Crippen molar-refractivity contribution in [3.63, 3.8) is 0 Å². The Morgan fingerprint density at radius 3 is 1.91 bits per heavy atom. The van der Waals surface area contributed by atoms with Gasteiger partial charge < -0.3 is 25.1 Å². The molecule has 0 aliphatic carbocycles. The van der Waals surface area contributed by atoms with E-state index in [1.54, 1.807) is 6.92 Å². The van der Waals surface area contributed by atoms with E-state index in [0.717, 1.165) is 11.9 Å². The van der Waals surface area contributed by atoms with Gasteiger partial charge in [0.1, 0.15) is 5.82 Å². The van der Waals surface area contributed by atoms with Crippen molar-refractivity contribution in [1.82, 2.24) is 20.0 Å². The number of piperidine rings is 1. The lowest BCUT2D eigenvalue weighted by molar-refractivity contribution is -0.143. The van der Waals surface area contributed by atoms with Gasteiger partial charge in [0.05, 0.1) is 17.2 Å². The molecule has 2 atom stereocenters. The normalized spacial score (nSPS) is 20.1. The molecular formula is C29H32F7N5O4. The molecule has 246 valence electrons. The largest absolute Gasteiger partial charge is 0.465 e. The number of amides is 5. The average Bonchev–Trinajstić information content (AvgIpc) is 3.41. The van der Waals surface area contributed by atoms with Crippen LogP contribution in [0.5, 0.6) is 0 Å². The quantitative estimate of drug-likeness (QED) is 0.395. The molecule has 2 heterocycles. The number of hydrogen-bond donors (Lipinski definition) is 2. The van der Waals surface area contributed by atoms with Crippen LogP contribution < -0.4 is 10.2 Å². The van der Waals surface area contributed by atoms with Crippen LogP contribution in [0, 0.1) is 5.82 Å². The van der Waals surface area contributed by atoms with E-state index in [2.05, 4.69) is 5.32 Å². The second kappa shape index (κ2) is 12.3. The van der Waals surface area contributed by atoms with Crippen molar-refractivity contribution < 1.29 is 50.2 Å². The van der Waals surface area contributed by atoms with Crippen LogP contribution in [0.3, 0.4) is 0 Å². The van der Waals surface area contributed by atoms with Gasteiger partial charge in [-0.25, -0.2) is 18.8 Å². The molecule has 5 amide bonds. The first-order chi connectivity index (χ1) is 20.8. The molecule has 45 heavy (non-hydrogen) atoms. The number of likely N-dealkylation sites (tertiary alicyclic amines) is 2. The van der Waals surface area contributed by atoms with E-state index in [1.807, 2.05) is 0 Å². The van der Waals surface area contributed by atoms with Gasteiger partial charge in [0.2, 0.25) is 0 Å². The highest BCUT2D eigenvalue weighted by atomic mass is 19.4. The van der Waals surface area contributed by atoms with Gasteiger partial charge in [-0.05, 0) is 55.7 Å². The minimum absolute atomic E-state index is 0.0322. The van der Waals surface area contributed by atoms with Crippen molar-refractivity contribution in [2.75, 3.05) is 45.2 Å². The summed E-state index contributed by atoms with van der Waals surface area (Å²) in [6.07, 6.45) is -10.6. The number of carboxylic acid groups (broad SMARTS) is 1. The Kier molecular flexibility index (Phi) is 9.18. The molecule has 16 heteroatoms. The molecular weight excluding hydrogens is 615 g/mol. The fraction of sp³-hybridized carbons (Fsp3) is 0.483. The van der Waals surface area contributed by atoms with E-state index in [9.17, 15) is 50.2 Å². The molecule has 2 saturated heterocycles. The van der Waals surface area contributed by atoms with E-state index in [4.69, 9.17) is 0 Å². The minimum Gasteiger partial charge on any atom is -0.465 e. The van der Waals surface area contributed by atoms with Crippen LogP contribution in [0.25, 0.3) is 0 Å². The summed E-state index contributed by atoms with van der Waals surface area (Å²) in [5, 5.41) is 12.2. The minimum atomic E-state index is -5.11. The maximum Gasteiger partial charge on any atom is 0.416 e. The molecule has 2 aromatic carbocycles. The highest BCUT2D eigenvalue weighted by Gasteiger charge is 2.43. The molecule has 9 nitrogen and oxygen atoms in total. The Morgan fingerprint density at radius 1 is 0.889 bits per heavy atom. The SMILES string of the molecule is CN(C(=O)N(C)[C@@H]1CN(C(=O)NC2(C)CCN(C(=O)O)CC2)C[C@H]1c1ccc(F)cc1)c1cc(C(F)(F)F)cc(C(F)(F)F)c1. The second-order valence-corrected chi connectivity index (χ2v) is 11.6. The zero-order chi connectivity index (χ0) is 33.5. The van der Waals surface area contributed by atoms with Crippen LogP contribution in [0.15, 0.2) is 42.5 Å². The molecule has 2 aliphatic rings. The summed E-state index contributed by atoms with van der Waals surface area (Å²) in [6.45, 7) is 2.20. The highest BCUT2D eigenvalue weighted by molar-refractivity contribution is 5.92. The number of carbonyl (C=O) groups excluding carboxylic acids is 2. The first-order valence-corrected chi connectivity index (χ1v) is 13.9. The smallest absolute Gasteiger partial charge is 0.416 e. The molecule has 4 rings (SSSR count). The lowest BCUT2D eigenvalue weighted by atomic mass is 9.90. The van der Waals surface area contributed by atoms with Crippen molar-refractivity contribution >= 4 is 23.8 Å². The van der Waals surface area contributed by atoms with Crippen molar-refractivity contribution in [3.05, 3.63) is 65.0 Å². The predicted molar refractivity (Wildman–Crippen MR) is 148 cm³/mol. The van der Waals surface area contributed by atoms with Crippen LogP contribution >= 0.6 is 0 Å². The van der Waals surface area contributed by atoms with Gasteiger partial charge in [-0.1, -0.05) is 12.1 Å². The number of carbonyl (C=O) groups is 3. The number of anilines is 1. The molecule has 0 spiro atoms.